The van der Waals surface area contributed by atoms with Crippen molar-refractivity contribution in [2.24, 2.45) is 11.8 Å². The van der Waals surface area contributed by atoms with E-state index >= 15 is 0 Å². The number of nitro benzene ring substituents is 1. The van der Waals surface area contributed by atoms with E-state index in [-0.39, 0.29) is 11.5 Å². The molecule has 0 aliphatic carbocycles. The lowest BCUT2D eigenvalue weighted by atomic mass is 9.95. The molecule has 5 nitrogen and oxygen atoms in total. The normalized spacial score (nSPS) is 19.4. The fourth-order valence-corrected chi connectivity index (χ4v) is 2.61. The van der Waals surface area contributed by atoms with Crippen molar-refractivity contribution in [3.8, 4) is 0 Å². The number of rotatable bonds is 5. The van der Waals surface area contributed by atoms with E-state index < -0.39 is 4.92 Å². The van der Waals surface area contributed by atoms with E-state index in [0.29, 0.717) is 23.9 Å². The van der Waals surface area contributed by atoms with E-state index in [4.69, 9.17) is 0 Å². The zero-order chi connectivity index (χ0) is 14.7. The van der Waals surface area contributed by atoms with Gasteiger partial charge in [0.25, 0.3) is 5.69 Å². The van der Waals surface area contributed by atoms with Crippen LogP contribution in [0.3, 0.4) is 0 Å². The predicted molar refractivity (Wildman–Crippen MR) is 76.8 cm³/mol. The number of benzene rings is 1. The van der Waals surface area contributed by atoms with E-state index in [0.717, 1.165) is 19.5 Å². The van der Waals surface area contributed by atoms with Gasteiger partial charge in [0.1, 0.15) is 0 Å². The van der Waals surface area contributed by atoms with E-state index in [1.54, 1.807) is 0 Å². The quantitative estimate of drug-likeness (QED) is 0.471. The maximum atomic E-state index is 12.1. The summed E-state index contributed by atoms with van der Waals surface area (Å²) in [5.41, 5.74) is 0.561. The first-order valence-electron chi connectivity index (χ1n) is 6.97. The van der Waals surface area contributed by atoms with Crippen LogP contribution in [0.4, 0.5) is 5.69 Å². The minimum absolute atomic E-state index is 0.0163. The Balaban J connectivity index is 1.94. The summed E-state index contributed by atoms with van der Waals surface area (Å²) >= 11 is 0. The fraction of sp³-hybridized carbons (Fsp3) is 0.533. The molecule has 1 aromatic rings. The number of non-ortho nitro benzene ring substituents is 1. The third-order valence-corrected chi connectivity index (χ3v) is 4.02. The molecule has 0 aromatic heterocycles. The highest BCUT2D eigenvalue weighted by Gasteiger charge is 2.26. The molecular weight excluding hydrogens is 256 g/mol. The van der Waals surface area contributed by atoms with Gasteiger partial charge in [0, 0.05) is 24.2 Å². The van der Waals surface area contributed by atoms with Crippen molar-refractivity contribution in [1.29, 1.82) is 0 Å². The van der Waals surface area contributed by atoms with Crippen LogP contribution < -0.4 is 0 Å². The third-order valence-electron chi connectivity index (χ3n) is 4.02. The molecule has 1 aliphatic rings. The summed E-state index contributed by atoms with van der Waals surface area (Å²) in [5, 5.41) is 10.6. The topological polar surface area (TPSA) is 63.5 Å². The third kappa shape index (κ3) is 3.42. The lowest BCUT2D eigenvalue weighted by Gasteiger charge is -2.17. The Kier molecular flexibility index (Phi) is 4.49. The first-order chi connectivity index (χ1) is 9.47. The van der Waals surface area contributed by atoms with E-state index in [2.05, 4.69) is 18.7 Å². The fourth-order valence-electron chi connectivity index (χ4n) is 2.61. The Morgan fingerprint density at radius 2 is 2.05 bits per heavy atom. The van der Waals surface area contributed by atoms with Crippen LogP contribution in [0.2, 0.25) is 0 Å². The number of likely N-dealkylation sites (tertiary alicyclic amines) is 1. The molecule has 1 fully saturated rings. The number of hydrogen-bond acceptors (Lipinski definition) is 4. The van der Waals surface area contributed by atoms with E-state index in [9.17, 15) is 14.9 Å². The minimum atomic E-state index is -0.456. The molecule has 20 heavy (non-hydrogen) atoms. The highest BCUT2D eigenvalue weighted by Crippen LogP contribution is 2.23. The first kappa shape index (κ1) is 14.7. The molecule has 108 valence electrons. The SMILES string of the molecule is CC(C)C1CCN(CC(=O)c2ccc([N+](=O)[O-])cc2)C1. The Hall–Kier alpha value is -1.75. The largest absolute Gasteiger partial charge is 0.296 e. The molecule has 1 aliphatic heterocycles. The summed E-state index contributed by atoms with van der Waals surface area (Å²) in [7, 11) is 0. The smallest absolute Gasteiger partial charge is 0.269 e. The lowest BCUT2D eigenvalue weighted by Crippen LogP contribution is -2.28. The second-order valence-corrected chi connectivity index (χ2v) is 5.76. The van der Waals surface area contributed by atoms with Gasteiger partial charge < -0.3 is 0 Å². The maximum Gasteiger partial charge on any atom is 0.269 e. The standard InChI is InChI=1S/C15H20N2O3/c1-11(2)13-7-8-16(9-13)10-15(18)12-3-5-14(6-4-12)17(19)20/h3-6,11,13H,7-10H2,1-2H3. The van der Waals surface area contributed by atoms with Crippen LogP contribution in [0, 0.1) is 22.0 Å². The van der Waals surface area contributed by atoms with E-state index in [1.807, 2.05) is 0 Å². The molecular formula is C15H20N2O3. The van der Waals surface area contributed by atoms with Gasteiger partial charge in [-0.3, -0.25) is 19.8 Å². The van der Waals surface area contributed by atoms with Crippen LogP contribution in [0.5, 0.6) is 0 Å². The van der Waals surface area contributed by atoms with Gasteiger partial charge in [-0.15, -0.1) is 0 Å². The Morgan fingerprint density at radius 3 is 2.55 bits per heavy atom. The van der Waals surface area contributed by atoms with Gasteiger partial charge in [-0.05, 0) is 36.9 Å². The van der Waals surface area contributed by atoms with Crippen molar-refractivity contribution < 1.29 is 9.72 Å². The molecule has 0 N–H and O–H groups in total. The number of Topliss-reactive ketones (excluding diaryl/α,β-unsaturated/α-hetero) is 1. The van der Waals surface area contributed by atoms with Gasteiger partial charge >= 0.3 is 0 Å². The summed E-state index contributed by atoms with van der Waals surface area (Å²) in [6, 6.07) is 5.84. The molecule has 0 spiro atoms. The van der Waals surface area contributed by atoms with Gasteiger partial charge in [-0.25, -0.2) is 0 Å². The second-order valence-electron chi connectivity index (χ2n) is 5.76. The van der Waals surface area contributed by atoms with Crippen molar-refractivity contribution in [1.82, 2.24) is 4.90 Å². The second kappa shape index (κ2) is 6.13. The molecule has 1 unspecified atom stereocenters. The van der Waals surface area contributed by atoms with Crippen molar-refractivity contribution in [3.05, 3.63) is 39.9 Å². The molecule has 0 amide bonds. The molecule has 0 radical (unpaired) electrons. The van der Waals surface area contributed by atoms with Crippen LogP contribution in [-0.4, -0.2) is 35.2 Å². The summed E-state index contributed by atoms with van der Waals surface area (Å²) in [6.45, 7) is 6.76. The number of hydrogen-bond donors (Lipinski definition) is 0. The zero-order valence-electron chi connectivity index (χ0n) is 11.9. The number of carbonyl (C=O) groups excluding carboxylic acids is 1. The van der Waals surface area contributed by atoms with Gasteiger partial charge in [-0.2, -0.15) is 0 Å². The number of nitrogens with zero attached hydrogens (tertiary/aromatic N) is 2. The minimum Gasteiger partial charge on any atom is -0.296 e. The first-order valence-corrected chi connectivity index (χ1v) is 6.97. The highest BCUT2D eigenvalue weighted by molar-refractivity contribution is 5.97. The summed E-state index contributed by atoms with van der Waals surface area (Å²) in [4.78, 5) is 24.4. The van der Waals surface area contributed by atoms with Crippen LogP contribution >= 0.6 is 0 Å². The van der Waals surface area contributed by atoms with Crippen molar-refractivity contribution >= 4 is 11.5 Å². The van der Waals surface area contributed by atoms with Crippen LogP contribution in [0.1, 0.15) is 30.6 Å². The summed E-state index contributed by atoms with van der Waals surface area (Å²) < 4.78 is 0. The van der Waals surface area contributed by atoms with Crippen molar-refractivity contribution in [2.45, 2.75) is 20.3 Å². The van der Waals surface area contributed by atoms with Gasteiger partial charge in [0.2, 0.25) is 0 Å². The lowest BCUT2D eigenvalue weighted by molar-refractivity contribution is -0.384. The van der Waals surface area contributed by atoms with Crippen molar-refractivity contribution in [3.63, 3.8) is 0 Å². The maximum absolute atomic E-state index is 12.1. The van der Waals surface area contributed by atoms with Crippen LogP contribution in [-0.2, 0) is 0 Å². The zero-order valence-corrected chi connectivity index (χ0v) is 11.9. The highest BCUT2D eigenvalue weighted by atomic mass is 16.6. The molecule has 5 heteroatoms. The molecule has 2 rings (SSSR count). The molecule has 1 atom stereocenters. The monoisotopic (exact) mass is 276 g/mol. The molecule has 1 heterocycles. The van der Waals surface area contributed by atoms with Crippen LogP contribution in [0.25, 0.3) is 0 Å². The number of nitro groups is 1. The molecule has 0 saturated carbocycles. The molecule has 1 aromatic carbocycles. The molecule has 1 saturated heterocycles. The van der Waals surface area contributed by atoms with Gasteiger partial charge in [0.05, 0.1) is 11.5 Å². The van der Waals surface area contributed by atoms with Crippen molar-refractivity contribution in [2.75, 3.05) is 19.6 Å². The Bertz CT molecular complexity index is 496. The predicted octanol–water partition coefficient (Wildman–Crippen LogP) is 2.76. The van der Waals surface area contributed by atoms with Crippen LogP contribution in [0.15, 0.2) is 24.3 Å². The molecule has 0 bridgehead atoms. The van der Waals surface area contributed by atoms with E-state index in [1.165, 1.54) is 24.3 Å². The summed E-state index contributed by atoms with van der Waals surface area (Å²) in [6.07, 6.45) is 1.14. The van der Waals surface area contributed by atoms with Gasteiger partial charge in [0.15, 0.2) is 5.78 Å². The van der Waals surface area contributed by atoms with Gasteiger partial charge in [-0.1, -0.05) is 13.8 Å². The number of ketones is 1. The summed E-state index contributed by atoms with van der Waals surface area (Å²) in [5.74, 6) is 1.35. The number of carbonyl (C=O) groups is 1. The average molecular weight is 276 g/mol. The Morgan fingerprint density at radius 1 is 1.40 bits per heavy atom. The average Bonchev–Trinajstić information content (AvgIpc) is 2.87. The Labute approximate surface area is 118 Å².